The maximum Gasteiger partial charge on any atom is 0.230 e. The highest BCUT2D eigenvalue weighted by molar-refractivity contribution is 7.99. The van der Waals surface area contributed by atoms with Crippen LogP contribution in [0, 0.1) is 0 Å². The topological polar surface area (TPSA) is 72.7 Å². The lowest BCUT2D eigenvalue weighted by molar-refractivity contribution is -0.119. The van der Waals surface area contributed by atoms with Crippen LogP contribution in [0.1, 0.15) is 24.8 Å². The zero-order valence-corrected chi connectivity index (χ0v) is 16.7. The summed E-state index contributed by atoms with van der Waals surface area (Å²) in [7, 11) is 0. The molecule has 0 bridgehead atoms. The Kier molecular flexibility index (Phi) is 5.09. The molecule has 1 aromatic carbocycles. The maximum atomic E-state index is 12.2. The van der Waals surface area contributed by atoms with Gasteiger partial charge in [0, 0.05) is 16.8 Å². The molecule has 0 unspecified atom stereocenters. The zero-order chi connectivity index (χ0) is 18.8. The molecule has 1 N–H and O–H groups in total. The van der Waals surface area contributed by atoms with Gasteiger partial charge in [-0.3, -0.25) is 4.79 Å². The average Bonchev–Trinajstić information content (AvgIpc) is 3.32. The number of thiophene rings is 1. The van der Waals surface area contributed by atoms with Crippen molar-refractivity contribution in [3.8, 4) is 0 Å². The Morgan fingerprint density at radius 2 is 2.11 bits per heavy atom. The summed E-state index contributed by atoms with van der Waals surface area (Å²) in [6.07, 6.45) is 0. The third kappa shape index (κ3) is 3.54. The molecule has 0 aliphatic heterocycles. The average molecular weight is 398 g/mol. The Bertz CT molecular complexity index is 1090. The van der Waals surface area contributed by atoms with E-state index in [2.05, 4.69) is 38.1 Å². The molecule has 0 aliphatic carbocycles. The monoisotopic (exact) mass is 397 g/mol. The van der Waals surface area contributed by atoms with Crippen molar-refractivity contribution in [1.29, 1.82) is 0 Å². The number of carbonyl (C=O) groups excluding carboxylic acids is 1. The van der Waals surface area contributed by atoms with Gasteiger partial charge >= 0.3 is 0 Å². The molecule has 4 rings (SSSR count). The van der Waals surface area contributed by atoms with Crippen LogP contribution in [0.4, 0.5) is 0 Å². The van der Waals surface area contributed by atoms with E-state index in [1.54, 1.807) is 11.3 Å². The van der Waals surface area contributed by atoms with Crippen molar-refractivity contribution in [3.63, 3.8) is 0 Å². The number of rotatable bonds is 6. The summed E-state index contributed by atoms with van der Waals surface area (Å²) < 4.78 is 2.13. The second kappa shape index (κ2) is 7.66. The lowest BCUT2D eigenvalue weighted by Crippen LogP contribution is -2.27. The first-order chi connectivity index (χ1) is 13.2. The van der Waals surface area contributed by atoms with Crippen LogP contribution < -0.4 is 5.32 Å². The molecule has 1 atom stereocenters. The van der Waals surface area contributed by atoms with Crippen LogP contribution in [0.15, 0.2) is 46.9 Å². The standard InChI is InChI=1S/C19H19N5OS2/c1-3-24-14-8-5-4-7-13(14)17-18(24)21-19(23-22-17)27-11-16(25)20-12(2)15-9-6-10-26-15/h4-10,12H,3,11H2,1-2H3,(H,20,25)/t12-/m0/s1. The van der Waals surface area contributed by atoms with Gasteiger partial charge in [0.05, 0.1) is 17.3 Å². The van der Waals surface area contributed by atoms with Crippen molar-refractivity contribution >= 4 is 51.1 Å². The highest BCUT2D eigenvalue weighted by Crippen LogP contribution is 2.27. The smallest absolute Gasteiger partial charge is 0.230 e. The van der Waals surface area contributed by atoms with Crippen molar-refractivity contribution < 1.29 is 4.79 Å². The second-order valence-corrected chi connectivity index (χ2v) is 8.04. The zero-order valence-electron chi connectivity index (χ0n) is 15.0. The molecule has 3 aromatic heterocycles. The minimum absolute atomic E-state index is 0.00208. The third-order valence-electron chi connectivity index (χ3n) is 4.35. The molecule has 1 amide bonds. The number of amides is 1. The molecule has 0 saturated carbocycles. The Morgan fingerprint density at radius 3 is 2.89 bits per heavy atom. The number of fused-ring (bicyclic) bond motifs is 3. The van der Waals surface area contributed by atoms with E-state index in [1.807, 2.05) is 42.6 Å². The number of aryl methyl sites for hydroxylation is 1. The number of aromatic nitrogens is 4. The van der Waals surface area contributed by atoms with Crippen molar-refractivity contribution in [2.75, 3.05) is 5.75 Å². The number of hydrogen-bond donors (Lipinski definition) is 1. The summed E-state index contributed by atoms with van der Waals surface area (Å²) in [5.74, 6) is 0.218. The fraction of sp³-hybridized carbons (Fsp3) is 0.263. The van der Waals surface area contributed by atoms with Crippen molar-refractivity contribution in [3.05, 3.63) is 46.7 Å². The molecule has 0 aliphatic rings. The molecule has 8 heteroatoms. The third-order valence-corrected chi connectivity index (χ3v) is 6.24. The van der Waals surface area contributed by atoms with Gasteiger partial charge < -0.3 is 9.88 Å². The summed E-state index contributed by atoms with van der Waals surface area (Å²) >= 11 is 2.94. The number of benzene rings is 1. The fourth-order valence-electron chi connectivity index (χ4n) is 3.09. The van der Waals surface area contributed by atoms with E-state index in [-0.39, 0.29) is 17.7 Å². The number of carbonyl (C=O) groups is 1. The molecule has 0 spiro atoms. The van der Waals surface area contributed by atoms with Crippen LogP contribution in [-0.4, -0.2) is 31.4 Å². The lowest BCUT2D eigenvalue weighted by atomic mass is 10.2. The van der Waals surface area contributed by atoms with E-state index in [4.69, 9.17) is 0 Å². The maximum absolute atomic E-state index is 12.2. The highest BCUT2D eigenvalue weighted by Gasteiger charge is 2.15. The van der Waals surface area contributed by atoms with Gasteiger partial charge in [0.25, 0.3) is 0 Å². The van der Waals surface area contributed by atoms with Crippen molar-refractivity contribution in [2.45, 2.75) is 31.6 Å². The largest absolute Gasteiger partial charge is 0.348 e. The van der Waals surface area contributed by atoms with Crippen LogP contribution in [0.5, 0.6) is 0 Å². The molecule has 4 aromatic rings. The number of nitrogens with one attached hydrogen (secondary N) is 1. The van der Waals surface area contributed by atoms with Crippen molar-refractivity contribution in [1.82, 2.24) is 25.1 Å². The van der Waals surface area contributed by atoms with Gasteiger partial charge in [-0.05, 0) is 31.4 Å². The SMILES string of the molecule is CCn1c2ccccc2c2nnc(SCC(=O)N[C@@H](C)c3cccs3)nc21. The summed E-state index contributed by atoms with van der Waals surface area (Å²) in [6, 6.07) is 12.1. The van der Waals surface area contributed by atoms with E-state index in [9.17, 15) is 4.79 Å². The first-order valence-corrected chi connectivity index (χ1v) is 10.6. The van der Waals surface area contributed by atoms with Gasteiger partial charge in [-0.1, -0.05) is 36.0 Å². The fourth-order valence-corrected chi connectivity index (χ4v) is 4.42. The Morgan fingerprint density at radius 1 is 1.26 bits per heavy atom. The minimum Gasteiger partial charge on any atom is -0.348 e. The summed E-state index contributed by atoms with van der Waals surface area (Å²) in [4.78, 5) is 18.0. The van der Waals surface area contributed by atoms with Gasteiger partial charge in [0.2, 0.25) is 11.1 Å². The molecule has 27 heavy (non-hydrogen) atoms. The van der Waals surface area contributed by atoms with E-state index >= 15 is 0 Å². The first kappa shape index (κ1) is 17.9. The van der Waals surface area contributed by atoms with Crippen LogP contribution in [0.2, 0.25) is 0 Å². The molecule has 0 saturated heterocycles. The number of para-hydroxylation sites is 1. The van der Waals surface area contributed by atoms with Gasteiger partial charge in [-0.2, -0.15) is 0 Å². The predicted molar refractivity (Wildman–Crippen MR) is 110 cm³/mol. The van der Waals surface area contributed by atoms with Gasteiger partial charge in [-0.25, -0.2) is 4.98 Å². The van der Waals surface area contributed by atoms with E-state index in [1.165, 1.54) is 11.8 Å². The van der Waals surface area contributed by atoms with Crippen LogP contribution >= 0.6 is 23.1 Å². The molecular weight excluding hydrogens is 378 g/mol. The molecule has 3 heterocycles. The second-order valence-electron chi connectivity index (χ2n) is 6.12. The number of hydrogen-bond acceptors (Lipinski definition) is 6. The summed E-state index contributed by atoms with van der Waals surface area (Å²) in [5, 5.41) is 15.2. The van der Waals surface area contributed by atoms with Gasteiger partial charge in [0.1, 0.15) is 5.52 Å². The first-order valence-electron chi connectivity index (χ1n) is 8.74. The molecule has 138 valence electrons. The van der Waals surface area contributed by atoms with Gasteiger partial charge in [0.15, 0.2) is 5.65 Å². The quantitative estimate of drug-likeness (QED) is 0.497. The van der Waals surface area contributed by atoms with E-state index in [0.29, 0.717) is 5.16 Å². The van der Waals surface area contributed by atoms with Crippen LogP contribution in [-0.2, 0) is 11.3 Å². The molecule has 0 radical (unpaired) electrons. The number of thioether (sulfide) groups is 1. The molecular formula is C19H19N5OS2. The normalized spacial score (nSPS) is 12.5. The van der Waals surface area contributed by atoms with E-state index < -0.39 is 0 Å². The minimum atomic E-state index is -0.0411. The molecule has 6 nitrogen and oxygen atoms in total. The van der Waals surface area contributed by atoms with Crippen LogP contribution in [0.3, 0.4) is 0 Å². The van der Waals surface area contributed by atoms with Gasteiger partial charge in [-0.15, -0.1) is 21.5 Å². The predicted octanol–water partition coefficient (Wildman–Crippen LogP) is 4.03. The molecule has 0 fully saturated rings. The van der Waals surface area contributed by atoms with Crippen molar-refractivity contribution in [2.24, 2.45) is 0 Å². The Hall–Kier alpha value is -2.45. The Balaban J connectivity index is 1.51. The highest BCUT2D eigenvalue weighted by atomic mass is 32.2. The Labute approximate surface area is 165 Å². The summed E-state index contributed by atoms with van der Waals surface area (Å²) in [5.41, 5.74) is 2.71. The number of nitrogens with zero attached hydrogens (tertiary/aromatic N) is 4. The van der Waals surface area contributed by atoms with Crippen LogP contribution in [0.25, 0.3) is 22.1 Å². The lowest BCUT2D eigenvalue weighted by Gasteiger charge is -2.11. The van der Waals surface area contributed by atoms with E-state index in [0.717, 1.165) is 33.5 Å². The summed E-state index contributed by atoms with van der Waals surface area (Å²) in [6.45, 7) is 4.87.